The maximum absolute atomic E-state index is 12.7. The fourth-order valence-corrected chi connectivity index (χ4v) is 4.30. The third-order valence-electron chi connectivity index (χ3n) is 3.76. The number of H-pyrrole nitrogens is 1. The van der Waals surface area contributed by atoms with Gasteiger partial charge in [-0.3, -0.25) is 10.00 Å². The second-order valence-electron chi connectivity index (χ2n) is 5.36. The van der Waals surface area contributed by atoms with Crippen LogP contribution < -0.4 is 5.73 Å². The number of hydrogen-bond donors (Lipinski definition) is 2. The van der Waals surface area contributed by atoms with E-state index < -0.39 is 10.0 Å². The molecule has 1 aromatic heterocycles. The molecule has 0 spiro atoms. The van der Waals surface area contributed by atoms with E-state index in [0.29, 0.717) is 30.5 Å². The number of aromatic nitrogens is 2. The van der Waals surface area contributed by atoms with Gasteiger partial charge in [-0.25, -0.2) is 8.42 Å². The number of aryl methyl sites for hydroxylation is 1. The summed E-state index contributed by atoms with van der Waals surface area (Å²) in [5, 5.41) is 6.69. The Labute approximate surface area is 120 Å². The predicted molar refractivity (Wildman–Crippen MR) is 76.7 cm³/mol. The van der Waals surface area contributed by atoms with Crippen LogP contribution in [0.2, 0.25) is 0 Å². The summed E-state index contributed by atoms with van der Waals surface area (Å²) >= 11 is 0. The van der Waals surface area contributed by atoms with Crippen LogP contribution in [0.3, 0.4) is 0 Å². The zero-order valence-electron chi connectivity index (χ0n) is 12.3. The van der Waals surface area contributed by atoms with Crippen molar-refractivity contribution in [2.45, 2.75) is 38.3 Å². The Kier molecular flexibility index (Phi) is 4.48. The quantitative estimate of drug-likeness (QED) is 0.809. The molecule has 1 aliphatic heterocycles. The number of nitrogens with zero attached hydrogens (tertiary/aromatic N) is 3. The number of nitrogens with two attached hydrogens (primary N) is 1. The van der Waals surface area contributed by atoms with E-state index >= 15 is 0 Å². The van der Waals surface area contributed by atoms with Crippen molar-refractivity contribution in [3.63, 3.8) is 0 Å². The van der Waals surface area contributed by atoms with Gasteiger partial charge in [0.2, 0.25) is 10.0 Å². The minimum atomic E-state index is -3.51. The van der Waals surface area contributed by atoms with Gasteiger partial charge in [0.05, 0.1) is 11.4 Å². The summed E-state index contributed by atoms with van der Waals surface area (Å²) < 4.78 is 27.0. The first-order chi connectivity index (χ1) is 9.37. The monoisotopic (exact) mass is 301 g/mol. The minimum absolute atomic E-state index is 0.116. The average molecular weight is 301 g/mol. The number of hydrogen-bond acceptors (Lipinski definition) is 5. The summed E-state index contributed by atoms with van der Waals surface area (Å²) in [6.45, 7) is 8.60. The maximum atomic E-state index is 12.7. The van der Waals surface area contributed by atoms with Gasteiger partial charge < -0.3 is 5.73 Å². The van der Waals surface area contributed by atoms with E-state index in [4.69, 9.17) is 5.73 Å². The summed E-state index contributed by atoms with van der Waals surface area (Å²) in [6.07, 6.45) is 0. The molecule has 1 saturated heterocycles. The molecule has 0 aliphatic carbocycles. The molecule has 20 heavy (non-hydrogen) atoms. The van der Waals surface area contributed by atoms with E-state index in [2.05, 4.69) is 28.9 Å². The SMILES string of the molecule is Cc1[nH]nc(CN)c1S(=O)(=O)N1CCN(C(C)C)CC1. The van der Waals surface area contributed by atoms with Crippen LogP contribution in [0.5, 0.6) is 0 Å². The minimum Gasteiger partial charge on any atom is -0.325 e. The van der Waals surface area contributed by atoms with Crippen molar-refractivity contribution in [1.29, 1.82) is 0 Å². The fourth-order valence-electron chi connectivity index (χ4n) is 2.54. The number of nitrogens with one attached hydrogen (secondary N) is 1. The van der Waals surface area contributed by atoms with E-state index in [-0.39, 0.29) is 11.4 Å². The number of piperazine rings is 1. The maximum Gasteiger partial charge on any atom is 0.246 e. The smallest absolute Gasteiger partial charge is 0.246 e. The van der Waals surface area contributed by atoms with Crippen molar-refractivity contribution in [3.8, 4) is 0 Å². The van der Waals surface area contributed by atoms with Crippen LogP contribution in [0.4, 0.5) is 0 Å². The summed E-state index contributed by atoms with van der Waals surface area (Å²) in [6, 6.07) is 0.440. The predicted octanol–water partition coefficient (Wildman–Crippen LogP) is -0.108. The van der Waals surface area contributed by atoms with Crippen LogP contribution in [0.1, 0.15) is 25.2 Å². The van der Waals surface area contributed by atoms with Crippen molar-refractivity contribution in [2.75, 3.05) is 26.2 Å². The van der Waals surface area contributed by atoms with E-state index in [9.17, 15) is 8.42 Å². The lowest BCUT2D eigenvalue weighted by Gasteiger charge is -2.36. The molecule has 0 amide bonds. The van der Waals surface area contributed by atoms with Gasteiger partial charge in [0.15, 0.2) is 0 Å². The molecule has 2 heterocycles. The van der Waals surface area contributed by atoms with Crippen molar-refractivity contribution in [3.05, 3.63) is 11.4 Å². The molecule has 1 aromatic rings. The first-order valence-electron chi connectivity index (χ1n) is 6.86. The Morgan fingerprint density at radius 2 is 1.90 bits per heavy atom. The molecule has 3 N–H and O–H groups in total. The number of aromatic amines is 1. The van der Waals surface area contributed by atoms with Crippen molar-refractivity contribution in [1.82, 2.24) is 19.4 Å². The van der Waals surface area contributed by atoms with Gasteiger partial charge in [-0.2, -0.15) is 9.40 Å². The molecule has 1 aliphatic rings. The van der Waals surface area contributed by atoms with Crippen LogP contribution in [0, 0.1) is 6.92 Å². The number of sulfonamides is 1. The third-order valence-corrected chi connectivity index (χ3v) is 5.86. The van der Waals surface area contributed by atoms with E-state index in [1.807, 2.05) is 0 Å². The second-order valence-corrected chi connectivity index (χ2v) is 7.24. The van der Waals surface area contributed by atoms with Gasteiger partial charge in [-0.05, 0) is 20.8 Å². The standard InChI is InChI=1S/C12H23N5O2S/c1-9(2)16-4-6-17(7-5-16)20(18,19)12-10(3)14-15-11(12)8-13/h9H,4-8,13H2,1-3H3,(H,14,15). The van der Waals surface area contributed by atoms with Gasteiger partial charge in [-0.1, -0.05) is 0 Å². The van der Waals surface area contributed by atoms with Gasteiger partial charge >= 0.3 is 0 Å². The van der Waals surface area contributed by atoms with Crippen LogP contribution >= 0.6 is 0 Å². The van der Waals surface area contributed by atoms with Crippen molar-refractivity contribution < 1.29 is 8.42 Å². The Hall–Kier alpha value is -0.960. The van der Waals surface area contributed by atoms with E-state index in [1.54, 1.807) is 6.92 Å². The Morgan fingerprint density at radius 1 is 1.30 bits per heavy atom. The van der Waals surface area contributed by atoms with Crippen molar-refractivity contribution in [2.24, 2.45) is 5.73 Å². The molecule has 114 valence electrons. The Balaban J connectivity index is 2.22. The van der Waals surface area contributed by atoms with Gasteiger partial charge in [-0.15, -0.1) is 0 Å². The summed E-state index contributed by atoms with van der Waals surface area (Å²) in [5.74, 6) is 0. The molecule has 1 fully saturated rings. The van der Waals surface area contributed by atoms with Crippen molar-refractivity contribution >= 4 is 10.0 Å². The lowest BCUT2D eigenvalue weighted by molar-refractivity contribution is 0.154. The largest absolute Gasteiger partial charge is 0.325 e. The highest BCUT2D eigenvalue weighted by molar-refractivity contribution is 7.89. The fraction of sp³-hybridized carbons (Fsp3) is 0.750. The summed E-state index contributed by atoms with van der Waals surface area (Å²) in [7, 11) is -3.51. The Bertz CT molecular complexity index is 558. The zero-order valence-corrected chi connectivity index (χ0v) is 13.1. The van der Waals surface area contributed by atoms with Crippen LogP contribution in [-0.2, 0) is 16.6 Å². The topological polar surface area (TPSA) is 95.3 Å². The highest BCUT2D eigenvalue weighted by Crippen LogP contribution is 2.23. The van der Waals surface area contributed by atoms with Gasteiger partial charge in [0, 0.05) is 38.8 Å². The van der Waals surface area contributed by atoms with Crippen LogP contribution in [0.25, 0.3) is 0 Å². The molecular weight excluding hydrogens is 278 g/mol. The molecule has 8 heteroatoms. The molecular formula is C12H23N5O2S. The second kappa shape index (κ2) is 5.80. The molecule has 0 atom stereocenters. The number of rotatable bonds is 4. The van der Waals surface area contributed by atoms with Crippen LogP contribution in [-0.4, -0.2) is 60.0 Å². The molecule has 0 bridgehead atoms. The average Bonchev–Trinajstić information content (AvgIpc) is 2.80. The molecule has 0 aromatic carbocycles. The third kappa shape index (κ3) is 2.73. The summed E-state index contributed by atoms with van der Waals surface area (Å²) in [4.78, 5) is 2.52. The molecule has 0 saturated carbocycles. The zero-order chi connectivity index (χ0) is 14.9. The Morgan fingerprint density at radius 3 is 2.40 bits per heavy atom. The molecule has 7 nitrogen and oxygen atoms in total. The van der Waals surface area contributed by atoms with Gasteiger partial charge in [0.1, 0.15) is 4.90 Å². The highest BCUT2D eigenvalue weighted by Gasteiger charge is 2.33. The highest BCUT2D eigenvalue weighted by atomic mass is 32.2. The van der Waals surface area contributed by atoms with E-state index in [0.717, 1.165) is 13.1 Å². The van der Waals surface area contributed by atoms with Crippen LogP contribution in [0.15, 0.2) is 4.90 Å². The lowest BCUT2D eigenvalue weighted by atomic mass is 10.3. The first kappa shape index (κ1) is 15.4. The summed E-state index contributed by atoms with van der Waals surface area (Å²) in [5.41, 5.74) is 6.54. The van der Waals surface area contributed by atoms with Gasteiger partial charge in [0.25, 0.3) is 0 Å². The van der Waals surface area contributed by atoms with E-state index in [1.165, 1.54) is 4.31 Å². The molecule has 2 rings (SSSR count). The molecule has 0 radical (unpaired) electrons. The normalized spacial score (nSPS) is 18.9. The lowest BCUT2D eigenvalue weighted by Crippen LogP contribution is -2.50. The molecule has 0 unspecified atom stereocenters. The first-order valence-corrected chi connectivity index (χ1v) is 8.30.